The first kappa shape index (κ1) is 23.5. The fourth-order valence-corrected chi connectivity index (χ4v) is 2.97. The van der Waals surface area contributed by atoms with Gasteiger partial charge in [-0.1, -0.05) is 41.9 Å². The van der Waals surface area contributed by atoms with Gasteiger partial charge in [0.15, 0.2) is 17.4 Å². The molecule has 2 aromatic carbocycles. The summed E-state index contributed by atoms with van der Waals surface area (Å²) in [5.74, 6) is -3.01. The molecule has 0 radical (unpaired) electrons. The lowest BCUT2D eigenvalue weighted by atomic mass is 9.98. The first-order chi connectivity index (χ1) is 13.8. The van der Waals surface area contributed by atoms with Crippen LogP contribution in [0.25, 0.3) is 11.1 Å². The zero-order chi connectivity index (χ0) is 21.0. The molecule has 3 rings (SSSR count). The minimum atomic E-state index is -0.960. The minimum Gasteiger partial charge on any atom is -0.481 e. The van der Waals surface area contributed by atoms with Crippen molar-refractivity contribution in [2.75, 3.05) is 0 Å². The normalized spacial score (nSPS) is 11.5. The van der Waals surface area contributed by atoms with Crippen molar-refractivity contribution < 1.29 is 23.4 Å². The Morgan fingerprint density at radius 3 is 2.53 bits per heavy atom. The highest BCUT2D eigenvalue weighted by Crippen LogP contribution is 2.30. The molecule has 0 fully saturated rings. The second kappa shape index (κ2) is 10.3. The van der Waals surface area contributed by atoms with Crippen LogP contribution in [0.2, 0.25) is 5.02 Å². The van der Waals surface area contributed by atoms with Crippen LogP contribution in [-0.2, 0) is 11.2 Å². The molecule has 0 saturated carbocycles. The van der Waals surface area contributed by atoms with Gasteiger partial charge in [0.05, 0.1) is 11.4 Å². The van der Waals surface area contributed by atoms with E-state index in [0.29, 0.717) is 12.0 Å². The van der Waals surface area contributed by atoms with Crippen LogP contribution in [0.1, 0.15) is 12.0 Å². The lowest BCUT2D eigenvalue weighted by Gasteiger charge is -2.11. The van der Waals surface area contributed by atoms with Crippen LogP contribution < -0.4 is 10.5 Å². The third-order valence-electron chi connectivity index (χ3n) is 4.11. The van der Waals surface area contributed by atoms with Gasteiger partial charge in [0.1, 0.15) is 0 Å². The fourth-order valence-electron chi connectivity index (χ4n) is 2.82. The molecule has 1 aromatic heterocycles. The second-order valence-corrected chi connectivity index (χ2v) is 6.89. The number of nitrogens with two attached hydrogens (primary N) is 1. The number of nitrogens with zero attached hydrogens (tertiary/aromatic N) is 1. The summed E-state index contributed by atoms with van der Waals surface area (Å²) in [6.45, 7) is 0. The van der Waals surface area contributed by atoms with Gasteiger partial charge in [-0.2, -0.15) is 0 Å². The van der Waals surface area contributed by atoms with Crippen molar-refractivity contribution in [1.82, 2.24) is 4.98 Å². The molecule has 3 aromatic rings. The molecule has 0 spiro atoms. The molecule has 3 N–H and O–H groups in total. The van der Waals surface area contributed by atoms with Gasteiger partial charge in [-0.15, -0.1) is 12.4 Å². The van der Waals surface area contributed by atoms with Crippen molar-refractivity contribution in [2.24, 2.45) is 5.73 Å². The number of hydrogen-bond acceptors (Lipinski definition) is 4. The van der Waals surface area contributed by atoms with Gasteiger partial charge in [0.25, 0.3) is 5.88 Å². The summed E-state index contributed by atoms with van der Waals surface area (Å²) in [5.41, 5.74) is 7.97. The van der Waals surface area contributed by atoms with E-state index in [1.54, 1.807) is 18.2 Å². The molecule has 1 atom stereocenters. The van der Waals surface area contributed by atoms with Gasteiger partial charge in [0.2, 0.25) is 0 Å². The van der Waals surface area contributed by atoms with Gasteiger partial charge < -0.3 is 15.6 Å². The van der Waals surface area contributed by atoms with Crippen LogP contribution in [0.3, 0.4) is 0 Å². The number of aromatic nitrogens is 1. The molecule has 0 saturated heterocycles. The number of ether oxygens (including phenoxy) is 1. The van der Waals surface area contributed by atoms with Crippen molar-refractivity contribution in [3.63, 3.8) is 0 Å². The molecule has 0 unspecified atom stereocenters. The van der Waals surface area contributed by atoms with Crippen molar-refractivity contribution >= 4 is 30.0 Å². The molecule has 158 valence electrons. The number of pyridine rings is 1. The van der Waals surface area contributed by atoms with Gasteiger partial charge in [-0.05, 0) is 41.3 Å². The SMILES string of the molecule is Cl.N[C@H](CC(=O)O)Cc1cccc(-c2ccc(Oc3ncc(Cl)cc3F)c(F)c2)c1. The van der Waals surface area contributed by atoms with E-state index in [1.165, 1.54) is 18.3 Å². The molecule has 0 bridgehead atoms. The monoisotopic (exact) mass is 454 g/mol. The number of carbonyl (C=O) groups is 1. The van der Waals surface area contributed by atoms with E-state index in [4.69, 9.17) is 27.2 Å². The van der Waals surface area contributed by atoms with Gasteiger partial charge in [-0.3, -0.25) is 4.79 Å². The fraction of sp³-hybridized carbons (Fsp3) is 0.143. The van der Waals surface area contributed by atoms with Crippen molar-refractivity contribution in [3.8, 4) is 22.8 Å². The van der Waals surface area contributed by atoms with E-state index < -0.39 is 23.6 Å². The minimum absolute atomic E-state index is 0. The third kappa shape index (κ3) is 6.13. The molecular formula is C21H18Cl2F2N2O3. The summed E-state index contributed by atoms with van der Waals surface area (Å²) in [7, 11) is 0. The molecule has 0 aliphatic rings. The topological polar surface area (TPSA) is 85.4 Å². The molecule has 0 aliphatic heterocycles. The zero-order valence-corrected chi connectivity index (χ0v) is 17.1. The Morgan fingerprint density at radius 1 is 1.13 bits per heavy atom. The van der Waals surface area contributed by atoms with Crippen LogP contribution >= 0.6 is 24.0 Å². The van der Waals surface area contributed by atoms with Crippen molar-refractivity contribution in [3.05, 3.63) is 76.9 Å². The molecule has 0 aliphatic carbocycles. The number of carboxylic acid groups (broad SMARTS) is 1. The van der Waals surface area contributed by atoms with E-state index in [0.717, 1.165) is 17.2 Å². The number of aliphatic carboxylic acids is 1. The average Bonchev–Trinajstić information content (AvgIpc) is 2.65. The van der Waals surface area contributed by atoms with Crippen LogP contribution in [0.4, 0.5) is 8.78 Å². The lowest BCUT2D eigenvalue weighted by molar-refractivity contribution is -0.137. The maximum absolute atomic E-state index is 14.5. The Hall–Kier alpha value is -2.74. The Balaban J connectivity index is 0.00000320. The molecule has 0 amide bonds. The Bertz CT molecular complexity index is 1050. The number of halogens is 4. The summed E-state index contributed by atoms with van der Waals surface area (Å²) in [6, 6.07) is 12.0. The molecular weight excluding hydrogens is 437 g/mol. The highest BCUT2D eigenvalue weighted by molar-refractivity contribution is 6.30. The smallest absolute Gasteiger partial charge is 0.304 e. The maximum atomic E-state index is 14.5. The van der Waals surface area contributed by atoms with Crippen LogP contribution in [-0.4, -0.2) is 22.1 Å². The molecule has 9 heteroatoms. The van der Waals surface area contributed by atoms with E-state index in [-0.39, 0.29) is 35.5 Å². The Labute approximate surface area is 182 Å². The summed E-state index contributed by atoms with van der Waals surface area (Å²) < 4.78 is 33.5. The third-order valence-corrected chi connectivity index (χ3v) is 4.31. The standard InChI is InChI=1S/C21H17ClF2N2O3.ClH/c22-15-9-18(24)21(26-11-15)29-19-5-4-14(8-17(19)23)13-3-1-2-12(6-13)7-16(25)10-20(27)28;/h1-6,8-9,11,16H,7,10,25H2,(H,27,28);1H/t16-;/m0./s1. The predicted octanol–water partition coefficient (Wildman–Crippen LogP) is 5.24. The lowest BCUT2D eigenvalue weighted by Crippen LogP contribution is -2.26. The maximum Gasteiger partial charge on any atom is 0.304 e. The van der Waals surface area contributed by atoms with E-state index >= 15 is 0 Å². The van der Waals surface area contributed by atoms with Crippen LogP contribution in [0, 0.1) is 11.6 Å². The number of rotatable bonds is 7. The number of benzene rings is 2. The summed E-state index contributed by atoms with van der Waals surface area (Å²) >= 11 is 5.64. The first-order valence-corrected chi connectivity index (χ1v) is 9.05. The second-order valence-electron chi connectivity index (χ2n) is 6.45. The van der Waals surface area contributed by atoms with Gasteiger partial charge in [-0.25, -0.2) is 13.8 Å². The highest BCUT2D eigenvalue weighted by atomic mass is 35.5. The highest BCUT2D eigenvalue weighted by Gasteiger charge is 2.13. The van der Waals surface area contributed by atoms with E-state index in [1.807, 2.05) is 12.1 Å². The van der Waals surface area contributed by atoms with Gasteiger partial charge >= 0.3 is 5.97 Å². The number of hydrogen-bond donors (Lipinski definition) is 2. The largest absolute Gasteiger partial charge is 0.481 e. The zero-order valence-electron chi connectivity index (χ0n) is 15.5. The quantitative estimate of drug-likeness (QED) is 0.509. The predicted molar refractivity (Wildman–Crippen MR) is 112 cm³/mol. The molecule has 1 heterocycles. The van der Waals surface area contributed by atoms with Crippen LogP contribution in [0.15, 0.2) is 54.7 Å². The van der Waals surface area contributed by atoms with Crippen LogP contribution in [0.5, 0.6) is 11.6 Å². The summed E-state index contributed by atoms with van der Waals surface area (Å²) in [5, 5.41) is 8.92. The average molecular weight is 455 g/mol. The molecule has 30 heavy (non-hydrogen) atoms. The van der Waals surface area contributed by atoms with Gasteiger partial charge in [0, 0.05) is 12.2 Å². The summed E-state index contributed by atoms with van der Waals surface area (Å²) in [6.07, 6.45) is 1.44. The Kier molecular flexibility index (Phi) is 8.11. The first-order valence-electron chi connectivity index (χ1n) is 8.67. The van der Waals surface area contributed by atoms with Crippen molar-refractivity contribution in [1.29, 1.82) is 0 Å². The van der Waals surface area contributed by atoms with Crippen molar-refractivity contribution in [2.45, 2.75) is 18.9 Å². The summed E-state index contributed by atoms with van der Waals surface area (Å²) in [4.78, 5) is 14.5. The Morgan fingerprint density at radius 2 is 1.87 bits per heavy atom. The van der Waals surface area contributed by atoms with E-state index in [2.05, 4.69) is 4.98 Å². The number of carboxylic acids is 1. The van der Waals surface area contributed by atoms with E-state index in [9.17, 15) is 13.6 Å². The molecule has 5 nitrogen and oxygen atoms in total.